The lowest BCUT2D eigenvalue weighted by molar-refractivity contribution is 0.406. The SMILES string of the molecule is c1cncc(C2NCCN=C2NC2CCCCC2)c1. The average Bonchev–Trinajstić information content (AvgIpc) is 2.50. The first-order chi connectivity index (χ1) is 9.43. The van der Waals surface area contributed by atoms with Gasteiger partial charge in [0.05, 0.1) is 12.6 Å². The summed E-state index contributed by atoms with van der Waals surface area (Å²) in [4.78, 5) is 8.91. The lowest BCUT2D eigenvalue weighted by Crippen LogP contribution is -2.46. The van der Waals surface area contributed by atoms with Crippen molar-refractivity contribution in [1.29, 1.82) is 0 Å². The van der Waals surface area contributed by atoms with Crippen molar-refractivity contribution >= 4 is 5.84 Å². The molecule has 0 radical (unpaired) electrons. The van der Waals surface area contributed by atoms with E-state index in [1.54, 1.807) is 0 Å². The minimum absolute atomic E-state index is 0.185. The minimum Gasteiger partial charge on any atom is -0.369 e. The van der Waals surface area contributed by atoms with Gasteiger partial charge in [-0.25, -0.2) is 0 Å². The van der Waals surface area contributed by atoms with Gasteiger partial charge in [0.15, 0.2) is 0 Å². The van der Waals surface area contributed by atoms with E-state index in [4.69, 9.17) is 4.99 Å². The Morgan fingerprint density at radius 1 is 1.21 bits per heavy atom. The molecule has 1 aromatic heterocycles. The molecule has 0 spiro atoms. The van der Waals surface area contributed by atoms with Crippen LogP contribution < -0.4 is 10.6 Å². The Morgan fingerprint density at radius 3 is 2.89 bits per heavy atom. The fraction of sp³-hybridized carbons (Fsp3) is 0.600. The number of amidine groups is 1. The molecule has 0 aromatic carbocycles. The Morgan fingerprint density at radius 2 is 2.11 bits per heavy atom. The number of hydrogen-bond acceptors (Lipinski definition) is 4. The molecule has 102 valence electrons. The number of aliphatic imine (C=N–C) groups is 1. The van der Waals surface area contributed by atoms with Crippen molar-refractivity contribution in [2.75, 3.05) is 13.1 Å². The molecule has 1 atom stereocenters. The van der Waals surface area contributed by atoms with Gasteiger partial charge in [-0.05, 0) is 24.5 Å². The van der Waals surface area contributed by atoms with E-state index in [1.807, 2.05) is 18.5 Å². The summed E-state index contributed by atoms with van der Waals surface area (Å²) in [7, 11) is 0. The van der Waals surface area contributed by atoms with Crippen molar-refractivity contribution in [2.24, 2.45) is 4.99 Å². The summed E-state index contributed by atoms with van der Waals surface area (Å²) < 4.78 is 0. The van der Waals surface area contributed by atoms with Crippen LogP contribution in [0.25, 0.3) is 0 Å². The maximum Gasteiger partial charge on any atom is 0.118 e. The smallest absolute Gasteiger partial charge is 0.118 e. The van der Waals surface area contributed by atoms with Gasteiger partial charge in [-0.15, -0.1) is 0 Å². The minimum atomic E-state index is 0.185. The second kappa shape index (κ2) is 6.15. The standard InChI is InChI=1S/C15H22N4/c1-2-6-13(7-3-1)19-15-14(17-9-10-18-15)12-5-4-8-16-11-12/h4-5,8,11,13-14,17H,1-3,6-7,9-10H2,(H,18,19). The van der Waals surface area contributed by atoms with Crippen LogP contribution in [-0.2, 0) is 0 Å². The first-order valence-corrected chi connectivity index (χ1v) is 7.37. The summed E-state index contributed by atoms with van der Waals surface area (Å²) in [5.74, 6) is 1.10. The van der Waals surface area contributed by atoms with E-state index in [9.17, 15) is 0 Å². The van der Waals surface area contributed by atoms with Gasteiger partial charge >= 0.3 is 0 Å². The van der Waals surface area contributed by atoms with Crippen LogP contribution in [0, 0.1) is 0 Å². The highest BCUT2D eigenvalue weighted by molar-refractivity contribution is 5.89. The Balaban J connectivity index is 1.72. The molecule has 1 fully saturated rings. The Labute approximate surface area is 114 Å². The zero-order valence-corrected chi connectivity index (χ0v) is 11.3. The summed E-state index contributed by atoms with van der Waals surface area (Å²) >= 11 is 0. The van der Waals surface area contributed by atoms with Gasteiger partial charge in [0, 0.05) is 25.0 Å². The van der Waals surface area contributed by atoms with E-state index < -0.39 is 0 Å². The first-order valence-electron chi connectivity index (χ1n) is 7.37. The van der Waals surface area contributed by atoms with Gasteiger partial charge in [0.25, 0.3) is 0 Å². The summed E-state index contributed by atoms with van der Waals surface area (Å²) in [6.07, 6.45) is 10.4. The summed E-state index contributed by atoms with van der Waals surface area (Å²) in [5.41, 5.74) is 1.20. The second-order valence-electron chi connectivity index (χ2n) is 5.42. The molecule has 4 heteroatoms. The van der Waals surface area contributed by atoms with Gasteiger partial charge in [-0.3, -0.25) is 9.98 Å². The molecule has 0 amide bonds. The zero-order chi connectivity index (χ0) is 12.9. The van der Waals surface area contributed by atoms with Crippen molar-refractivity contribution in [3.8, 4) is 0 Å². The number of nitrogens with one attached hydrogen (secondary N) is 2. The molecule has 0 saturated heterocycles. The predicted molar refractivity (Wildman–Crippen MR) is 77.3 cm³/mol. The highest BCUT2D eigenvalue weighted by atomic mass is 15.1. The van der Waals surface area contributed by atoms with Crippen LogP contribution in [0.1, 0.15) is 43.7 Å². The van der Waals surface area contributed by atoms with E-state index in [1.165, 1.54) is 37.7 Å². The third-order valence-corrected chi connectivity index (χ3v) is 3.99. The molecule has 2 N–H and O–H groups in total. The maximum atomic E-state index is 4.70. The number of aromatic nitrogens is 1. The number of rotatable bonds is 2. The van der Waals surface area contributed by atoms with Crippen LogP contribution in [-0.4, -0.2) is 30.0 Å². The normalized spacial score (nSPS) is 24.8. The summed E-state index contributed by atoms with van der Waals surface area (Å²) in [5, 5.41) is 7.21. The van der Waals surface area contributed by atoms with Crippen LogP contribution in [0.2, 0.25) is 0 Å². The quantitative estimate of drug-likeness (QED) is 0.853. The van der Waals surface area contributed by atoms with Crippen molar-refractivity contribution in [1.82, 2.24) is 15.6 Å². The molecule has 1 aliphatic carbocycles. The van der Waals surface area contributed by atoms with Gasteiger partial charge in [-0.2, -0.15) is 0 Å². The molecular weight excluding hydrogens is 236 g/mol. The number of nitrogens with zero attached hydrogens (tertiary/aromatic N) is 2. The second-order valence-corrected chi connectivity index (χ2v) is 5.42. The molecule has 1 unspecified atom stereocenters. The summed E-state index contributed by atoms with van der Waals surface area (Å²) in [6.45, 7) is 1.81. The molecule has 19 heavy (non-hydrogen) atoms. The van der Waals surface area contributed by atoms with Crippen molar-refractivity contribution in [3.63, 3.8) is 0 Å². The summed E-state index contributed by atoms with van der Waals surface area (Å²) in [6, 6.07) is 4.90. The van der Waals surface area contributed by atoms with Crippen molar-refractivity contribution in [3.05, 3.63) is 30.1 Å². The Hall–Kier alpha value is -1.42. The monoisotopic (exact) mass is 258 g/mol. The molecule has 1 aromatic rings. The largest absolute Gasteiger partial charge is 0.369 e. The topological polar surface area (TPSA) is 49.3 Å². The van der Waals surface area contributed by atoms with Crippen LogP contribution in [0.3, 0.4) is 0 Å². The van der Waals surface area contributed by atoms with E-state index >= 15 is 0 Å². The van der Waals surface area contributed by atoms with Gasteiger partial charge in [-0.1, -0.05) is 25.3 Å². The molecule has 1 saturated carbocycles. The number of pyridine rings is 1. The van der Waals surface area contributed by atoms with Gasteiger partial charge in [0.2, 0.25) is 0 Å². The fourth-order valence-electron chi connectivity index (χ4n) is 2.98. The van der Waals surface area contributed by atoms with Crippen LogP contribution >= 0.6 is 0 Å². The van der Waals surface area contributed by atoms with E-state index in [2.05, 4.69) is 21.7 Å². The molecule has 3 rings (SSSR count). The van der Waals surface area contributed by atoms with E-state index in [0.29, 0.717) is 6.04 Å². The van der Waals surface area contributed by atoms with Crippen LogP contribution in [0.4, 0.5) is 0 Å². The number of hydrogen-bond donors (Lipinski definition) is 2. The first kappa shape index (κ1) is 12.6. The lowest BCUT2D eigenvalue weighted by Gasteiger charge is -2.31. The average molecular weight is 258 g/mol. The highest BCUT2D eigenvalue weighted by Gasteiger charge is 2.24. The van der Waals surface area contributed by atoms with Crippen molar-refractivity contribution < 1.29 is 0 Å². The molecule has 1 aliphatic heterocycles. The third kappa shape index (κ3) is 3.13. The molecule has 4 nitrogen and oxygen atoms in total. The fourth-order valence-corrected chi connectivity index (χ4v) is 2.98. The molecular formula is C15H22N4. The predicted octanol–water partition coefficient (Wildman–Crippen LogP) is 2.05. The maximum absolute atomic E-state index is 4.70. The van der Waals surface area contributed by atoms with Gasteiger partial charge < -0.3 is 10.6 Å². The van der Waals surface area contributed by atoms with Crippen molar-refractivity contribution in [2.45, 2.75) is 44.2 Å². The lowest BCUT2D eigenvalue weighted by atomic mass is 9.94. The molecule has 2 heterocycles. The zero-order valence-electron chi connectivity index (χ0n) is 11.3. The van der Waals surface area contributed by atoms with E-state index in [-0.39, 0.29) is 6.04 Å². The van der Waals surface area contributed by atoms with E-state index in [0.717, 1.165) is 18.9 Å². The van der Waals surface area contributed by atoms with Gasteiger partial charge in [0.1, 0.15) is 5.84 Å². The van der Waals surface area contributed by atoms with Crippen LogP contribution in [0.5, 0.6) is 0 Å². The molecule has 2 aliphatic rings. The highest BCUT2D eigenvalue weighted by Crippen LogP contribution is 2.20. The Kier molecular flexibility index (Phi) is 4.08. The Bertz CT molecular complexity index is 423. The third-order valence-electron chi connectivity index (χ3n) is 3.99. The van der Waals surface area contributed by atoms with Crippen LogP contribution in [0.15, 0.2) is 29.5 Å². The molecule has 0 bridgehead atoms.